The van der Waals surface area contributed by atoms with Gasteiger partial charge in [-0.15, -0.1) is 0 Å². The number of aliphatic hydroxyl groups is 1. The molecule has 0 spiro atoms. The van der Waals surface area contributed by atoms with Gasteiger partial charge in [0.15, 0.2) is 0 Å². The Morgan fingerprint density at radius 2 is 1.95 bits per heavy atom. The third kappa shape index (κ3) is 4.50. The molecule has 2 unspecified atom stereocenters. The predicted octanol–water partition coefficient (Wildman–Crippen LogP) is 2.72. The van der Waals surface area contributed by atoms with E-state index in [9.17, 15) is 20.0 Å². The molecule has 116 valence electrons. The minimum absolute atomic E-state index is 0.121. The van der Waals surface area contributed by atoms with E-state index in [1.165, 1.54) is 21.0 Å². The summed E-state index contributed by atoms with van der Waals surface area (Å²) in [6, 6.07) is 6.77. The number of carbonyl (C=O) groups excluding carboxylic acids is 1. The molecule has 1 aromatic rings. The van der Waals surface area contributed by atoms with Gasteiger partial charge >= 0.3 is 5.97 Å². The lowest BCUT2D eigenvalue weighted by Crippen LogP contribution is -2.38. The summed E-state index contributed by atoms with van der Waals surface area (Å²) in [6.07, 6.45) is -1.28. The molecular weight excluding hydrogens is 342 g/mol. The Balaban J connectivity index is 3.05. The quantitative estimate of drug-likeness (QED) is 0.479. The van der Waals surface area contributed by atoms with Crippen molar-refractivity contribution >= 4 is 21.9 Å². The summed E-state index contributed by atoms with van der Waals surface area (Å²) in [5, 5.41) is 21.4. The number of benzene rings is 1. The highest BCUT2D eigenvalue weighted by Crippen LogP contribution is 2.31. The molecule has 1 N–H and O–H groups in total. The lowest BCUT2D eigenvalue weighted by Gasteiger charge is -2.25. The van der Waals surface area contributed by atoms with Gasteiger partial charge < -0.3 is 9.84 Å². The van der Waals surface area contributed by atoms with Gasteiger partial charge in [-0.1, -0.05) is 28.1 Å². The second kappa shape index (κ2) is 7.00. The number of esters is 1. The predicted molar refractivity (Wildman–Crippen MR) is 80.3 cm³/mol. The van der Waals surface area contributed by atoms with E-state index in [4.69, 9.17) is 0 Å². The van der Waals surface area contributed by atoms with Gasteiger partial charge in [-0.3, -0.25) is 14.9 Å². The van der Waals surface area contributed by atoms with Gasteiger partial charge in [-0.05, 0) is 17.7 Å². The lowest BCUT2D eigenvalue weighted by molar-refractivity contribution is -0.563. The van der Waals surface area contributed by atoms with Gasteiger partial charge in [-0.2, -0.15) is 0 Å². The average molecular weight is 360 g/mol. The Morgan fingerprint density at radius 1 is 1.43 bits per heavy atom. The van der Waals surface area contributed by atoms with E-state index in [-0.39, 0.29) is 6.42 Å². The highest BCUT2D eigenvalue weighted by atomic mass is 79.9. The highest BCUT2D eigenvalue weighted by molar-refractivity contribution is 9.10. The number of ether oxygens (including phenoxy) is 1. The van der Waals surface area contributed by atoms with Crippen molar-refractivity contribution in [1.82, 2.24) is 0 Å². The minimum atomic E-state index is -1.34. The summed E-state index contributed by atoms with van der Waals surface area (Å²) in [7, 11) is 1.20. The molecule has 21 heavy (non-hydrogen) atoms. The zero-order chi connectivity index (χ0) is 16.2. The van der Waals surface area contributed by atoms with E-state index in [0.29, 0.717) is 5.56 Å². The van der Waals surface area contributed by atoms with Gasteiger partial charge in [0.25, 0.3) is 0 Å². The topological polar surface area (TPSA) is 89.7 Å². The number of rotatable bonds is 6. The van der Waals surface area contributed by atoms with Crippen LogP contribution in [0.3, 0.4) is 0 Å². The third-order valence-electron chi connectivity index (χ3n) is 3.31. The fourth-order valence-corrected chi connectivity index (χ4v) is 2.24. The molecule has 0 radical (unpaired) electrons. The molecule has 1 aromatic carbocycles. The molecule has 0 bridgehead atoms. The van der Waals surface area contributed by atoms with Crippen LogP contribution in [-0.4, -0.2) is 28.6 Å². The summed E-state index contributed by atoms with van der Waals surface area (Å²) in [6.45, 7) is 2.83. The fraction of sp³-hybridized carbons (Fsp3) is 0.500. The summed E-state index contributed by atoms with van der Waals surface area (Å²) in [5.74, 6) is -1.67. The molecule has 0 heterocycles. The van der Waals surface area contributed by atoms with Crippen LogP contribution in [-0.2, 0) is 9.53 Å². The Bertz CT molecular complexity index is 515. The smallest absolute Gasteiger partial charge is 0.311 e. The summed E-state index contributed by atoms with van der Waals surface area (Å²) in [5.41, 5.74) is -0.831. The van der Waals surface area contributed by atoms with Crippen molar-refractivity contribution in [2.24, 2.45) is 5.92 Å². The van der Waals surface area contributed by atoms with Crippen LogP contribution in [0.25, 0.3) is 0 Å². The number of hydrogen-bond donors (Lipinski definition) is 1. The van der Waals surface area contributed by atoms with E-state index < -0.39 is 28.5 Å². The Morgan fingerprint density at radius 3 is 2.38 bits per heavy atom. The van der Waals surface area contributed by atoms with Crippen molar-refractivity contribution in [3.8, 4) is 0 Å². The molecular formula is C14H18BrNO5. The second-order valence-electron chi connectivity index (χ2n) is 5.40. The molecule has 0 amide bonds. The molecule has 0 aliphatic rings. The second-order valence-corrected chi connectivity index (χ2v) is 6.32. The van der Waals surface area contributed by atoms with Crippen molar-refractivity contribution < 1.29 is 19.6 Å². The van der Waals surface area contributed by atoms with Gasteiger partial charge in [-0.25, -0.2) is 0 Å². The molecule has 2 atom stereocenters. The van der Waals surface area contributed by atoms with E-state index in [1.807, 2.05) is 0 Å². The van der Waals surface area contributed by atoms with Crippen LogP contribution in [0.1, 0.15) is 31.9 Å². The largest absolute Gasteiger partial charge is 0.469 e. The minimum Gasteiger partial charge on any atom is -0.469 e. The number of aliphatic hydroxyl groups excluding tert-OH is 1. The van der Waals surface area contributed by atoms with Gasteiger partial charge in [0.05, 0.1) is 19.1 Å². The van der Waals surface area contributed by atoms with Crippen molar-refractivity contribution in [2.45, 2.75) is 31.9 Å². The van der Waals surface area contributed by atoms with Crippen LogP contribution in [0.5, 0.6) is 0 Å². The van der Waals surface area contributed by atoms with Crippen LogP contribution in [0.15, 0.2) is 28.7 Å². The summed E-state index contributed by atoms with van der Waals surface area (Å²) >= 11 is 3.28. The molecule has 1 rings (SSSR count). The lowest BCUT2D eigenvalue weighted by atomic mass is 9.85. The third-order valence-corrected chi connectivity index (χ3v) is 3.84. The SMILES string of the molecule is COC(=O)C(CC(C)(C)[N+](=O)[O-])C(O)c1ccc(Br)cc1. The Hall–Kier alpha value is -1.47. The maximum Gasteiger partial charge on any atom is 0.311 e. The van der Waals surface area contributed by atoms with Crippen LogP contribution >= 0.6 is 15.9 Å². The van der Waals surface area contributed by atoms with Crippen LogP contribution in [0, 0.1) is 16.0 Å². The van der Waals surface area contributed by atoms with Crippen molar-refractivity contribution in [1.29, 1.82) is 0 Å². The van der Waals surface area contributed by atoms with Crippen LogP contribution < -0.4 is 0 Å². The molecule has 0 fully saturated rings. The molecule has 0 aliphatic carbocycles. The zero-order valence-electron chi connectivity index (χ0n) is 12.1. The molecule has 0 aliphatic heterocycles. The summed E-state index contributed by atoms with van der Waals surface area (Å²) in [4.78, 5) is 22.5. The molecule has 6 nitrogen and oxygen atoms in total. The zero-order valence-corrected chi connectivity index (χ0v) is 13.7. The highest BCUT2D eigenvalue weighted by Gasteiger charge is 2.41. The summed E-state index contributed by atoms with van der Waals surface area (Å²) < 4.78 is 5.51. The number of nitrogens with zero attached hydrogens (tertiary/aromatic N) is 1. The Kier molecular flexibility index (Phi) is 5.86. The van der Waals surface area contributed by atoms with Crippen LogP contribution in [0.2, 0.25) is 0 Å². The normalized spacial score (nSPS) is 14.3. The molecule has 0 saturated carbocycles. The van der Waals surface area contributed by atoms with E-state index in [0.717, 1.165) is 4.47 Å². The Labute approximate surface area is 131 Å². The first-order chi connectivity index (χ1) is 9.69. The van der Waals surface area contributed by atoms with E-state index in [1.54, 1.807) is 24.3 Å². The number of nitro groups is 1. The number of carbonyl (C=O) groups is 1. The first kappa shape index (κ1) is 17.6. The van der Waals surface area contributed by atoms with Crippen molar-refractivity contribution in [2.75, 3.05) is 7.11 Å². The maximum atomic E-state index is 11.9. The molecule has 0 aromatic heterocycles. The first-order valence-corrected chi connectivity index (χ1v) is 7.14. The average Bonchev–Trinajstić information content (AvgIpc) is 2.44. The van der Waals surface area contributed by atoms with Gasteiger partial charge in [0.1, 0.15) is 0 Å². The van der Waals surface area contributed by atoms with Crippen molar-refractivity contribution in [3.05, 3.63) is 44.4 Å². The monoisotopic (exact) mass is 359 g/mol. The van der Waals surface area contributed by atoms with E-state index in [2.05, 4.69) is 20.7 Å². The van der Waals surface area contributed by atoms with Gasteiger partial charge in [0.2, 0.25) is 5.54 Å². The maximum absolute atomic E-state index is 11.9. The van der Waals surface area contributed by atoms with E-state index >= 15 is 0 Å². The molecule has 7 heteroatoms. The standard InChI is InChI=1S/C14H18BrNO5/c1-14(2,16(19)20)8-11(13(18)21-3)12(17)9-4-6-10(15)7-5-9/h4-7,11-12,17H,8H2,1-3H3. The molecule has 0 saturated heterocycles. The first-order valence-electron chi connectivity index (χ1n) is 6.35. The van der Waals surface area contributed by atoms with Crippen LogP contribution in [0.4, 0.5) is 0 Å². The number of methoxy groups -OCH3 is 1. The fourth-order valence-electron chi connectivity index (χ4n) is 1.98. The van der Waals surface area contributed by atoms with Crippen molar-refractivity contribution in [3.63, 3.8) is 0 Å². The number of hydrogen-bond acceptors (Lipinski definition) is 5. The number of halogens is 1. The van der Waals surface area contributed by atoms with Gasteiger partial charge in [0, 0.05) is 29.7 Å².